The Bertz CT molecular complexity index is 3870. The fraction of sp³-hybridized carbons (Fsp3) is 0.789. The van der Waals surface area contributed by atoms with Crippen molar-refractivity contribution in [3.63, 3.8) is 0 Å². The number of alkyl halides is 15. The second-order valence-electron chi connectivity index (χ2n) is 41.5. The van der Waals surface area contributed by atoms with Gasteiger partial charge in [0.25, 0.3) is 0 Å². The topological polar surface area (TPSA) is 314 Å². The fourth-order valence-corrected chi connectivity index (χ4v) is 66.0. The first-order chi connectivity index (χ1) is 65.3. The molecule has 896 valence electrons. The van der Waals surface area contributed by atoms with Crippen molar-refractivity contribution in [1.29, 1.82) is 0 Å². The van der Waals surface area contributed by atoms with Crippen molar-refractivity contribution in [1.82, 2.24) is 0 Å². The molecule has 2 unspecified atom stereocenters. The number of hydrogen-bond donors (Lipinski definition) is 1. The van der Waals surface area contributed by atoms with E-state index in [4.69, 9.17) is 79.0 Å². The maximum absolute atomic E-state index is 13.0. The van der Waals surface area contributed by atoms with Gasteiger partial charge in [-0.1, -0.05) is 127 Å². The van der Waals surface area contributed by atoms with Gasteiger partial charge in [-0.05, 0) is 298 Å². The summed E-state index contributed by atoms with van der Waals surface area (Å²) in [6.45, 7) is 83.5. The molecular weight excluding hydrogens is 2410 g/mol. The predicted octanol–water partition coefficient (Wildman–Crippen LogP) is 29.6. The number of rotatable bonds is 58. The smallest absolute Gasteiger partial charge is 0.462 e. The minimum absolute atomic E-state index is 0. The van der Waals surface area contributed by atoms with Gasteiger partial charge in [0.2, 0.25) is 12.2 Å². The first-order valence-corrected chi connectivity index (χ1v) is 85.2. The molecule has 1 N–H and O–H groups in total. The van der Waals surface area contributed by atoms with E-state index < -0.39 is 179 Å². The largest absolute Gasteiger partial charge is 0.522 e. The van der Waals surface area contributed by atoms with Crippen molar-refractivity contribution < 1.29 is 204 Å². The molecule has 150 heavy (non-hydrogen) atoms. The van der Waals surface area contributed by atoms with Gasteiger partial charge in [-0.2, -0.15) is 74.3 Å². The van der Waals surface area contributed by atoms with Crippen LogP contribution in [-0.2, 0) is 136 Å². The summed E-state index contributed by atoms with van der Waals surface area (Å²) in [5.74, 6) is -2.21. The molecule has 0 aromatic rings. The number of unbranched alkanes of at least 4 members (excludes halogenated alkanes) is 6. The van der Waals surface area contributed by atoms with E-state index in [2.05, 4.69) is 154 Å². The second kappa shape index (κ2) is 78.1. The number of halogens is 15. The number of carbonyl (C=O) groups is 6. The van der Waals surface area contributed by atoms with E-state index in [1.165, 1.54) is 37.8 Å². The Morgan fingerprint density at radius 3 is 0.793 bits per heavy atom. The zero-order valence-electron chi connectivity index (χ0n) is 91.8. The van der Waals surface area contributed by atoms with Crippen LogP contribution < -0.4 is 0 Å². The third kappa shape index (κ3) is 92.5. The van der Waals surface area contributed by atoms with Crippen LogP contribution in [0, 0.1) is 0 Å². The predicted molar refractivity (Wildman–Crippen MR) is 594 cm³/mol. The molecule has 2 atom stereocenters. The van der Waals surface area contributed by atoms with Crippen molar-refractivity contribution in [3.8, 4) is 0 Å². The molecule has 2 aliphatic heterocycles. The van der Waals surface area contributed by atoms with E-state index in [1.807, 2.05) is 39.3 Å². The number of carbonyl (C=O) groups excluding carboxylic acids is 6. The Morgan fingerprint density at radius 2 is 0.600 bits per heavy atom. The van der Waals surface area contributed by atoms with Gasteiger partial charge in [0.1, 0.15) is 0 Å². The first kappa shape index (κ1) is 167. The van der Waals surface area contributed by atoms with Crippen LogP contribution in [0.1, 0.15) is 180 Å². The van der Waals surface area contributed by atoms with Crippen LogP contribution in [-0.4, -0.2) is 259 Å². The summed E-state index contributed by atoms with van der Waals surface area (Å²) >= 11 is 0. The van der Waals surface area contributed by atoms with E-state index in [-0.39, 0.29) is 100 Å². The van der Waals surface area contributed by atoms with E-state index in [1.54, 1.807) is 48.1 Å². The maximum atomic E-state index is 13.0. The molecule has 0 aromatic carbocycles. The summed E-state index contributed by atoms with van der Waals surface area (Å²) in [5.41, 5.74) is -3.18. The SMILES string of the molecule is C.C.C.C.C=C(C)C(=O)OCCCC[Si](C)(C)O[Si](C)(C)CCCCOC(=O)C(=C)C.C=C(C)C(=O)OCCCC[Si](C)(C)O[Si](C)(C)O[Si](C)(C)O[Si](C)(C)CCCCOC(=O)C(=C)C.C=C(C)C(=O)OCCCC[Si](C)(C)O[Si](C)(C)O[Si](C)(CCCOC(C(F)(F)F)C(F)(F)F)O[Si](C)(C)CCCCOC(=O)C(=C)C.C=CCOC(C(F)(F)F)C(F)(F)F.C[SiH]1CCCCO1.C[Si]1(C)CCCCO1.O=S(=O)(O)C(F)(F)F.[Pt]. The Balaban J connectivity index is -0.000000209. The second-order valence-corrected chi connectivity index (χ2v) is 90.8. The van der Waals surface area contributed by atoms with Gasteiger partial charge in [0, 0.05) is 74.3 Å². The average molecular weight is 2600 g/mol. The molecular formula is C95H191F15O26PtSSi12. The minimum atomic E-state index is -5.84. The van der Waals surface area contributed by atoms with Gasteiger partial charge < -0.3 is 75.6 Å². The zero-order valence-corrected chi connectivity index (χ0v) is 107. The molecule has 2 rings (SSSR count). The number of ether oxygens (including phenoxy) is 8. The minimum Gasteiger partial charge on any atom is -0.462 e. The van der Waals surface area contributed by atoms with Gasteiger partial charge in [0.05, 0.1) is 46.2 Å². The molecule has 2 saturated heterocycles. The maximum Gasteiger partial charge on any atom is 0.522 e. The Hall–Kier alpha value is -3.29. The Morgan fingerprint density at radius 1 is 0.360 bits per heavy atom. The molecule has 2 fully saturated rings. The number of esters is 6. The van der Waals surface area contributed by atoms with Crippen molar-refractivity contribution in [2.45, 2.75) is 421 Å². The van der Waals surface area contributed by atoms with Gasteiger partial charge in [-0.15, -0.1) is 6.58 Å². The van der Waals surface area contributed by atoms with E-state index >= 15 is 0 Å². The van der Waals surface area contributed by atoms with Crippen molar-refractivity contribution in [2.24, 2.45) is 0 Å². The third-order valence-corrected chi connectivity index (χ3v) is 64.4. The van der Waals surface area contributed by atoms with Crippen LogP contribution >= 0.6 is 0 Å². The van der Waals surface area contributed by atoms with Crippen LogP contribution in [0.15, 0.2) is 85.6 Å². The average Bonchev–Trinajstić information content (AvgIpc) is 0.808. The van der Waals surface area contributed by atoms with E-state index in [0.29, 0.717) is 85.2 Å². The summed E-state index contributed by atoms with van der Waals surface area (Å²) in [5, 5.41) is 0. The molecule has 26 nitrogen and oxygen atoms in total. The summed E-state index contributed by atoms with van der Waals surface area (Å²) in [4.78, 5) is 68.9. The fourth-order valence-electron chi connectivity index (χ4n) is 14.1. The third-order valence-electron chi connectivity index (χ3n) is 20.1. The zero-order chi connectivity index (χ0) is 114. The van der Waals surface area contributed by atoms with Gasteiger partial charge in [-0.25, -0.2) is 28.8 Å². The number of hydrogen-bond acceptors (Lipinski definition) is 25. The molecule has 0 spiro atoms. The van der Waals surface area contributed by atoms with Crippen LogP contribution in [0.4, 0.5) is 65.9 Å². The summed E-state index contributed by atoms with van der Waals surface area (Å²) < 4.78 is 302. The molecule has 0 aromatic heterocycles. The molecule has 0 saturated carbocycles. The van der Waals surface area contributed by atoms with Crippen molar-refractivity contribution in [2.75, 3.05) is 66.1 Å². The van der Waals surface area contributed by atoms with E-state index in [0.717, 1.165) is 107 Å². The quantitative estimate of drug-likeness (QED) is 0.00680. The summed E-state index contributed by atoms with van der Waals surface area (Å²) in [7, 11) is -30.6. The summed E-state index contributed by atoms with van der Waals surface area (Å²) in [6, 6.07) is 8.35. The monoisotopic (exact) mass is 2600 g/mol. The Kier molecular flexibility index (Phi) is 86.7. The summed E-state index contributed by atoms with van der Waals surface area (Å²) in [6.07, 6.45) is -13.7. The Labute approximate surface area is 918 Å². The van der Waals surface area contributed by atoms with Gasteiger partial charge in [0.15, 0.2) is 67.3 Å². The standard InChI is InChI=1S/C29H54F6O8Si4.C24H50O7Si4.C20H38O5Si2.C6H6F6O.C6H14OSi.C5H12OSi.CHF3O3S.4CH4.Pt/c1-23(2)25(36)38-17-12-14-20-44(5,6)41-46(9,10)43-47(11,22-16-19-40-27(28(30,31)32)29(33,34)35)42-45(7,8)21-15-13-18-39-26(37)24(3)4;1-21(2)23(25)27-17-13-15-19-32(5,6)29-34(9,10)31-35(11,12)30-33(7,8)20-16-14-18-28-24(26)22(3)4;1-17(2)19(21)23-13-9-11-15-26(5,6)25-27(7,8)16-12-10-14-24-20(22)18(3)4;1-2-3-13-4(5(7,8)9)6(10,11)12;1-8(2)6-4-3-5-7-8;1-7-5-3-2-4-6-7;2-1(3,4)8(5,6)7;;;;;/h27H,1,3,12-22H2,2,4-11H3;1,3,13-20H2,2,4-12H3;1,3,9-16H2,2,4-8H3;2,4H,1,3H2;3-6H2,1-2H3;7H,2-5H2,1H3;(H,5,6,7);4*1H4;. The first-order valence-electron chi connectivity index (χ1n) is 48.6. The van der Waals surface area contributed by atoms with E-state index in [9.17, 15) is 94.6 Å². The molecule has 2 heterocycles. The van der Waals surface area contributed by atoms with Crippen LogP contribution in [0.25, 0.3) is 0 Å². The van der Waals surface area contributed by atoms with Crippen LogP contribution in [0.2, 0.25) is 198 Å². The molecule has 0 amide bonds. The normalized spacial score (nSPS) is 14.6. The van der Waals surface area contributed by atoms with Gasteiger partial charge >= 0.3 is 110 Å². The van der Waals surface area contributed by atoms with Gasteiger partial charge in [-0.3, -0.25) is 4.55 Å². The van der Waals surface area contributed by atoms with Crippen molar-refractivity contribution in [3.05, 3.63) is 85.6 Å². The molecule has 0 aliphatic carbocycles. The molecule has 0 bridgehead atoms. The molecule has 55 heteroatoms. The van der Waals surface area contributed by atoms with Crippen molar-refractivity contribution >= 4 is 147 Å². The molecule has 0 radical (unpaired) electrons. The van der Waals surface area contributed by atoms with Crippen LogP contribution in [0.3, 0.4) is 0 Å². The van der Waals surface area contributed by atoms with Crippen LogP contribution in [0.5, 0.6) is 0 Å². The molecule has 2 aliphatic rings.